The van der Waals surface area contributed by atoms with E-state index in [0.29, 0.717) is 0 Å². The predicted molar refractivity (Wildman–Crippen MR) is 39.9 cm³/mol. The lowest BCUT2D eigenvalue weighted by Gasteiger charge is -2.17. The van der Waals surface area contributed by atoms with Crippen LogP contribution < -0.4 is 0 Å². The Morgan fingerprint density at radius 3 is 1.89 bits per heavy atom. The summed E-state index contributed by atoms with van der Waals surface area (Å²) < 4.78 is 12.1. The van der Waals surface area contributed by atoms with E-state index < -0.39 is 6.64 Å². The second-order valence-electron chi connectivity index (χ2n) is 1.79. The van der Waals surface area contributed by atoms with E-state index in [1.807, 2.05) is 4.67 Å². The molecule has 1 aliphatic rings. The lowest BCUT2D eigenvalue weighted by atomic mass is 11.0. The minimum absolute atomic E-state index is 1.03. The second kappa shape index (κ2) is 2.64. The first kappa shape index (κ1) is 7.63. The number of rotatable bonds is 3. The van der Waals surface area contributed by atoms with Gasteiger partial charge < -0.3 is 9.05 Å². The Labute approximate surface area is 60.2 Å². The van der Waals surface area contributed by atoms with Gasteiger partial charge in [-0.2, -0.15) is 0 Å². The summed E-state index contributed by atoms with van der Waals surface area (Å²) in [5.41, 5.74) is 0. The third-order valence-corrected chi connectivity index (χ3v) is 4.83. The third-order valence-electron chi connectivity index (χ3n) is 1.23. The monoisotopic (exact) mass is 167 g/mol. The summed E-state index contributed by atoms with van der Waals surface area (Å²) >= 11 is 5.08. The zero-order chi connectivity index (χ0) is 6.91. The molecule has 54 valence electrons. The van der Waals surface area contributed by atoms with Gasteiger partial charge in [0.15, 0.2) is 0 Å². The van der Waals surface area contributed by atoms with Crippen LogP contribution in [0.15, 0.2) is 0 Å². The Kier molecular flexibility index (Phi) is 2.24. The largest absolute Gasteiger partial charge is 0.321 e. The molecule has 0 aromatic rings. The average Bonchev–Trinajstić information content (AvgIpc) is 2.68. The highest BCUT2D eigenvalue weighted by Gasteiger charge is 2.34. The summed E-state index contributed by atoms with van der Waals surface area (Å²) in [6, 6.07) is 0. The highest BCUT2D eigenvalue weighted by atomic mass is 32.5. The minimum atomic E-state index is -1.98. The summed E-state index contributed by atoms with van der Waals surface area (Å²) in [5, 5.41) is 0. The smallest absolute Gasteiger partial charge is 0.263 e. The molecule has 1 heterocycles. The first-order valence-corrected chi connectivity index (χ1v) is 5.29. The van der Waals surface area contributed by atoms with Gasteiger partial charge >= 0.3 is 0 Å². The van der Waals surface area contributed by atoms with Crippen molar-refractivity contribution in [2.45, 2.75) is 0 Å². The molecule has 0 unspecified atom stereocenters. The normalized spacial score (nSPS) is 20.2. The predicted octanol–water partition coefficient (Wildman–Crippen LogP) is 0.819. The maximum absolute atomic E-state index is 5.08. The number of nitrogens with zero attached hydrogens (tertiary/aromatic N) is 1. The van der Waals surface area contributed by atoms with Crippen LogP contribution in [-0.2, 0) is 20.9 Å². The van der Waals surface area contributed by atoms with Crippen molar-refractivity contribution in [3.63, 3.8) is 0 Å². The lowest BCUT2D eigenvalue weighted by Crippen LogP contribution is -1.97. The van der Waals surface area contributed by atoms with E-state index in [1.165, 1.54) is 0 Å². The van der Waals surface area contributed by atoms with Gasteiger partial charge in [-0.05, 0) is 11.8 Å². The van der Waals surface area contributed by atoms with Crippen LogP contribution >= 0.6 is 6.64 Å². The van der Waals surface area contributed by atoms with Crippen LogP contribution in [0.3, 0.4) is 0 Å². The molecule has 1 rings (SSSR count). The average molecular weight is 167 g/mol. The summed E-state index contributed by atoms with van der Waals surface area (Å²) in [6.45, 7) is 0.0782. The van der Waals surface area contributed by atoms with Gasteiger partial charge in [-0.1, -0.05) is 0 Å². The van der Waals surface area contributed by atoms with Crippen molar-refractivity contribution in [3.05, 3.63) is 0 Å². The highest BCUT2D eigenvalue weighted by molar-refractivity contribution is 8.08. The number of hydrogen-bond donors (Lipinski definition) is 0. The van der Waals surface area contributed by atoms with Crippen LogP contribution in [0, 0.1) is 0 Å². The van der Waals surface area contributed by atoms with E-state index in [2.05, 4.69) is 0 Å². The lowest BCUT2D eigenvalue weighted by molar-refractivity contribution is 0.311. The van der Waals surface area contributed by atoms with Crippen LogP contribution in [0.2, 0.25) is 0 Å². The van der Waals surface area contributed by atoms with Crippen molar-refractivity contribution in [2.24, 2.45) is 0 Å². The van der Waals surface area contributed by atoms with Crippen molar-refractivity contribution < 1.29 is 9.05 Å². The van der Waals surface area contributed by atoms with Gasteiger partial charge in [0.25, 0.3) is 6.64 Å². The topological polar surface area (TPSA) is 21.5 Å². The molecule has 0 atom stereocenters. The molecular formula is C4H10NO2PS. The first-order chi connectivity index (χ1) is 4.23. The standard InChI is InChI=1S/C4H10NO2PS/c1-6-8(9,7-2)5-3-4-5/h3-4H2,1-2H3. The Hall–Kier alpha value is 0.530. The van der Waals surface area contributed by atoms with Gasteiger partial charge in [-0.3, -0.25) is 0 Å². The van der Waals surface area contributed by atoms with Crippen molar-refractivity contribution in [3.8, 4) is 0 Å². The number of hydrogen-bond acceptors (Lipinski definition) is 3. The van der Waals surface area contributed by atoms with E-state index >= 15 is 0 Å². The Morgan fingerprint density at radius 2 is 1.78 bits per heavy atom. The van der Waals surface area contributed by atoms with Gasteiger partial charge in [-0.15, -0.1) is 0 Å². The highest BCUT2D eigenvalue weighted by Crippen LogP contribution is 2.54. The third kappa shape index (κ3) is 1.51. The SMILES string of the molecule is COP(=S)(OC)N1CC1. The molecule has 1 fully saturated rings. The molecule has 0 saturated carbocycles. The van der Waals surface area contributed by atoms with Crippen LogP contribution in [0.1, 0.15) is 0 Å². The fourth-order valence-electron chi connectivity index (χ4n) is 0.595. The van der Waals surface area contributed by atoms with Gasteiger partial charge in [0, 0.05) is 27.3 Å². The van der Waals surface area contributed by atoms with Gasteiger partial charge in [0.05, 0.1) is 0 Å². The maximum Gasteiger partial charge on any atom is 0.263 e. The van der Waals surface area contributed by atoms with Crippen LogP contribution in [0.5, 0.6) is 0 Å². The molecule has 0 spiro atoms. The second-order valence-corrected chi connectivity index (χ2v) is 5.40. The fraction of sp³-hybridized carbons (Fsp3) is 1.00. The van der Waals surface area contributed by atoms with E-state index in [9.17, 15) is 0 Å². The summed E-state index contributed by atoms with van der Waals surface area (Å²) in [4.78, 5) is 0. The van der Waals surface area contributed by atoms with Crippen molar-refractivity contribution in [1.82, 2.24) is 4.67 Å². The molecule has 3 nitrogen and oxygen atoms in total. The molecule has 1 saturated heterocycles. The van der Waals surface area contributed by atoms with E-state index in [1.54, 1.807) is 14.2 Å². The molecule has 0 N–H and O–H groups in total. The quantitative estimate of drug-likeness (QED) is 0.458. The first-order valence-electron chi connectivity index (χ1n) is 2.70. The molecule has 1 aliphatic heterocycles. The molecule has 0 radical (unpaired) electrons. The van der Waals surface area contributed by atoms with Crippen LogP contribution in [0.4, 0.5) is 0 Å². The Balaban J connectivity index is 2.54. The minimum Gasteiger partial charge on any atom is -0.321 e. The van der Waals surface area contributed by atoms with Crippen molar-refractivity contribution >= 4 is 18.4 Å². The van der Waals surface area contributed by atoms with Gasteiger partial charge in [-0.25, -0.2) is 4.67 Å². The molecule has 0 aliphatic carbocycles. The summed E-state index contributed by atoms with van der Waals surface area (Å²) in [6.07, 6.45) is 0. The zero-order valence-corrected chi connectivity index (χ0v) is 7.24. The van der Waals surface area contributed by atoms with E-state index in [4.69, 9.17) is 20.9 Å². The molecule has 5 heteroatoms. The van der Waals surface area contributed by atoms with Crippen LogP contribution in [0.25, 0.3) is 0 Å². The van der Waals surface area contributed by atoms with Gasteiger partial charge in [0.1, 0.15) is 0 Å². The summed E-state index contributed by atoms with van der Waals surface area (Å²) in [7, 11) is 3.20. The summed E-state index contributed by atoms with van der Waals surface area (Å²) in [5.74, 6) is 0. The van der Waals surface area contributed by atoms with E-state index in [-0.39, 0.29) is 0 Å². The maximum atomic E-state index is 5.08. The molecular weight excluding hydrogens is 157 g/mol. The molecule has 0 bridgehead atoms. The zero-order valence-electron chi connectivity index (χ0n) is 5.53. The van der Waals surface area contributed by atoms with E-state index in [0.717, 1.165) is 13.1 Å². The van der Waals surface area contributed by atoms with Crippen LogP contribution in [-0.4, -0.2) is 32.0 Å². The molecule has 0 aromatic heterocycles. The Morgan fingerprint density at radius 1 is 1.33 bits per heavy atom. The van der Waals surface area contributed by atoms with Gasteiger partial charge in [0.2, 0.25) is 0 Å². The molecule has 9 heavy (non-hydrogen) atoms. The molecule has 0 aromatic carbocycles. The molecule has 0 amide bonds. The fourth-order valence-corrected chi connectivity index (χ4v) is 2.28. The van der Waals surface area contributed by atoms with Crippen molar-refractivity contribution in [2.75, 3.05) is 27.3 Å². The van der Waals surface area contributed by atoms with Crippen molar-refractivity contribution in [1.29, 1.82) is 0 Å². The Bertz CT molecular complexity index is 140.